The zero-order valence-electron chi connectivity index (χ0n) is 13.5. The molecule has 128 valence electrons. The van der Waals surface area contributed by atoms with Gasteiger partial charge in [0.25, 0.3) is 5.91 Å². The minimum Gasteiger partial charge on any atom is -0.398 e. The number of amides is 1. The van der Waals surface area contributed by atoms with Crippen molar-refractivity contribution in [2.75, 3.05) is 16.4 Å². The molecule has 0 saturated carbocycles. The summed E-state index contributed by atoms with van der Waals surface area (Å²) in [5, 5.41) is 16.1. The molecular formula is C19H14ClN5O. The van der Waals surface area contributed by atoms with E-state index in [-0.39, 0.29) is 5.57 Å². The van der Waals surface area contributed by atoms with E-state index in [9.17, 15) is 10.1 Å². The van der Waals surface area contributed by atoms with Crippen LogP contribution in [-0.2, 0) is 4.79 Å². The Labute approximate surface area is 154 Å². The first-order valence-electron chi connectivity index (χ1n) is 7.65. The Balaban J connectivity index is 1.80. The SMILES string of the molecule is N#C/C(=C/Nc1cccc2cccnc12)C(=O)Nc1ccc(N)c(Cl)c1. The molecule has 1 aromatic heterocycles. The van der Waals surface area contributed by atoms with Crippen molar-refractivity contribution in [1.29, 1.82) is 5.26 Å². The molecule has 3 aromatic rings. The van der Waals surface area contributed by atoms with E-state index in [1.165, 1.54) is 12.3 Å². The Morgan fingerprint density at radius 2 is 2.04 bits per heavy atom. The number of pyridine rings is 1. The zero-order valence-corrected chi connectivity index (χ0v) is 14.3. The van der Waals surface area contributed by atoms with Crippen LogP contribution in [0.4, 0.5) is 17.1 Å². The molecular weight excluding hydrogens is 350 g/mol. The van der Waals surface area contributed by atoms with Crippen molar-refractivity contribution in [1.82, 2.24) is 4.98 Å². The maximum absolute atomic E-state index is 12.3. The highest BCUT2D eigenvalue weighted by atomic mass is 35.5. The number of anilines is 3. The van der Waals surface area contributed by atoms with Gasteiger partial charge in [-0.05, 0) is 30.3 Å². The molecule has 7 heteroatoms. The van der Waals surface area contributed by atoms with Crippen LogP contribution >= 0.6 is 11.6 Å². The number of hydrogen-bond acceptors (Lipinski definition) is 5. The standard InChI is InChI=1S/C19H14ClN5O/c20-15-9-14(6-7-16(15)22)25-19(26)13(10-21)11-24-17-5-1-3-12-4-2-8-23-18(12)17/h1-9,11,24H,22H2,(H,25,26)/b13-11-. The second-order valence-electron chi connectivity index (χ2n) is 5.39. The molecule has 1 heterocycles. The number of nitriles is 1. The second-order valence-corrected chi connectivity index (χ2v) is 5.79. The monoisotopic (exact) mass is 363 g/mol. The van der Waals surface area contributed by atoms with Crippen LogP contribution in [-0.4, -0.2) is 10.9 Å². The van der Waals surface area contributed by atoms with Gasteiger partial charge in [0, 0.05) is 23.5 Å². The molecule has 0 saturated heterocycles. The zero-order chi connectivity index (χ0) is 18.5. The number of benzene rings is 2. The van der Waals surface area contributed by atoms with E-state index in [0.29, 0.717) is 22.1 Å². The summed E-state index contributed by atoms with van der Waals surface area (Å²) in [6.45, 7) is 0. The number of fused-ring (bicyclic) bond motifs is 1. The average molecular weight is 364 g/mol. The molecule has 0 fully saturated rings. The topological polar surface area (TPSA) is 104 Å². The van der Waals surface area contributed by atoms with Crippen LogP contribution in [0.25, 0.3) is 10.9 Å². The molecule has 4 N–H and O–H groups in total. The number of nitrogen functional groups attached to an aromatic ring is 1. The lowest BCUT2D eigenvalue weighted by atomic mass is 10.2. The first-order valence-corrected chi connectivity index (χ1v) is 8.03. The van der Waals surface area contributed by atoms with Gasteiger partial charge in [-0.2, -0.15) is 5.26 Å². The highest BCUT2D eigenvalue weighted by molar-refractivity contribution is 6.33. The molecule has 0 radical (unpaired) electrons. The lowest BCUT2D eigenvalue weighted by Crippen LogP contribution is -2.14. The number of aromatic nitrogens is 1. The van der Waals surface area contributed by atoms with E-state index in [2.05, 4.69) is 15.6 Å². The maximum Gasteiger partial charge on any atom is 0.267 e. The van der Waals surface area contributed by atoms with Gasteiger partial charge < -0.3 is 16.4 Å². The van der Waals surface area contributed by atoms with Crippen LogP contribution in [0.15, 0.2) is 66.5 Å². The third-order valence-electron chi connectivity index (χ3n) is 3.63. The Hall–Kier alpha value is -3.56. The molecule has 1 amide bonds. The van der Waals surface area contributed by atoms with Gasteiger partial charge in [0.1, 0.15) is 11.6 Å². The quantitative estimate of drug-likeness (QED) is 0.370. The number of rotatable bonds is 4. The molecule has 0 bridgehead atoms. The van der Waals surface area contributed by atoms with Gasteiger partial charge >= 0.3 is 0 Å². The van der Waals surface area contributed by atoms with Crippen LogP contribution in [0.1, 0.15) is 0 Å². The summed E-state index contributed by atoms with van der Waals surface area (Å²) in [6.07, 6.45) is 3.03. The summed E-state index contributed by atoms with van der Waals surface area (Å²) in [5.74, 6) is -0.561. The third-order valence-corrected chi connectivity index (χ3v) is 3.96. The van der Waals surface area contributed by atoms with Crippen LogP contribution in [0.3, 0.4) is 0 Å². The highest BCUT2D eigenvalue weighted by Crippen LogP contribution is 2.23. The smallest absolute Gasteiger partial charge is 0.267 e. The number of para-hydroxylation sites is 1. The van der Waals surface area contributed by atoms with Crippen molar-refractivity contribution in [3.8, 4) is 6.07 Å². The number of carbonyl (C=O) groups is 1. The van der Waals surface area contributed by atoms with Gasteiger partial charge in [0.15, 0.2) is 0 Å². The predicted octanol–water partition coefficient (Wildman–Crippen LogP) is 3.93. The first-order chi connectivity index (χ1) is 12.6. The Kier molecular flexibility index (Phi) is 5.02. The summed E-state index contributed by atoms with van der Waals surface area (Å²) >= 11 is 5.93. The molecule has 0 aliphatic rings. The molecule has 0 unspecified atom stereocenters. The van der Waals surface area contributed by atoms with Crippen LogP contribution < -0.4 is 16.4 Å². The number of halogens is 1. The first kappa shape index (κ1) is 17.3. The number of nitrogens with two attached hydrogens (primary N) is 1. The predicted molar refractivity (Wildman–Crippen MR) is 104 cm³/mol. The van der Waals surface area contributed by atoms with Crippen LogP contribution in [0.5, 0.6) is 0 Å². The van der Waals surface area contributed by atoms with E-state index < -0.39 is 5.91 Å². The summed E-state index contributed by atoms with van der Waals surface area (Å²) in [7, 11) is 0. The largest absolute Gasteiger partial charge is 0.398 e. The van der Waals surface area contributed by atoms with E-state index in [4.69, 9.17) is 17.3 Å². The summed E-state index contributed by atoms with van der Waals surface area (Å²) < 4.78 is 0. The normalized spacial score (nSPS) is 11.0. The van der Waals surface area contributed by atoms with Gasteiger partial charge in [0.2, 0.25) is 0 Å². The second kappa shape index (κ2) is 7.55. The van der Waals surface area contributed by atoms with Crippen molar-refractivity contribution in [3.63, 3.8) is 0 Å². The van der Waals surface area contributed by atoms with Crippen molar-refractivity contribution < 1.29 is 4.79 Å². The molecule has 0 aliphatic carbocycles. The fourth-order valence-corrected chi connectivity index (χ4v) is 2.50. The lowest BCUT2D eigenvalue weighted by molar-refractivity contribution is -0.112. The third kappa shape index (κ3) is 3.74. The van der Waals surface area contributed by atoms with E-state index in [1.807, 2.05) is 36.4 Å². The Bertz CT molecular complexity index is 1050. The van der Waals surface area contributed by atoms with Gasteiger partial charge in [-0.25, -0.2) is 0 Å². The fourth-order valence-electron chi connectivity index (χ4n) is 2.32. The van der Waals surface area contributed by atoms with Crippen molar-refractivity contribution in [3.05, 3.63) is 71.5 Å². The highest BCUT2D eigenvalue weighted by Gasteiger charge is 2.10. The molecule has 6 nitrogen and oxygen atoms in total. The Morgan fingerprint density at radius 1 is 1.23 bits per heavy atom. The minimum absolute atomic E-state index is 0.0918. The molecule has 0 spiro atoms. The van der Waals surface area contributed by atoms with Crippen molar-refractivity contribution >= 4 is 45.5 Å². The Morgan fingerprint density at radius 3 is 2.81 bits per heavy atom. The number of nitrogens with one attached hydrogen (secondary N) is 2. The molecule has 0 aliphatic heterocycles. The van der Waals surface area contributed by atoms with E-state index >= 15 is 0 Å². The van der Waals surface area contributed by atoms with Crippen molar-refractivity contribution in [2.24, 2.45) is 0 Å². The van der Waals surface area contributed by atoms with E-state index in [1.54, 1.807) is 18.3 Å². The van der Waals surface area contributed by atoms with Crippen LogP contribution in [0, 0.1) is 11.3 Å². The molecule has 0 atom stereocenters. The van der Waals surface area contributed by atoms with E-state index in [0.717, 1.165) is 10.9 Å². The number of carbonyl (C=O) groups excluding carboxylic acids is 1. The molecule has 26 heavy (non-hydrogen) atoms. The number of nitrogens with zero attached hydrogens (tertiary/aromatic N) is 2. The lowest BCUT2D eigenvalue weighted by Gasteiger charge is -2.08. The molecule has 2 aromatic carbocycles. The summed E-state index contributed by atoms with van der Waals surface area (Å²) in [5.41, 5.74) is 7.84. The van der Waals surface area contributed by atoms with Crippen molar-refractivity contribution in [2.45, 2.75) is 0 Å². The average Bonchev–Trinajstić information content (AvgIpc) is 2.65. The van der Waals surface area contributed by atoms with Gasteiger partial charge in [-0.1, -0.05) is 29.8 Å². The fraction of sp³-hybridized carbons (Fsp3) is 0. The van der Waals surface area contributed by atoms with Crippen LogP contribution in [0.2, 0.25) is 5.02 Å². The van der Waals surface area contributed by atoms with Gasteiger partial charge in [-0.15, -0.1) is 0 Å². The maximum atomic E-state index is 12.3. The number of hydrogen-bond donors (Lipinski definition) is 3. The minimum atomic E-state index is -0.561. The van der Waals surface area contributed by atoms with Gasteiger partial charge in [-0.3, -0.25) is 9.78 Å². The van der Waals surface area contributed by atoms with Gasteiger partial charge in [0.05, 0.1) is 21.9 Å². The summed E-state index contributed by atoms with van der Waals surface area (Å²) in [4.78, 5) is 16.6. The molecule has 3 rings (SSSR count). The summed E-state index contributed by atoms with van der Waals surface area (Å²) in [6, 6.07) is 16.0.